The van der Waals surface area contributed by atoms with E-state index in [1.54, 1.807) is 36.4 Å². The standard InChI is InChI=1S/C20H21Cl2NO5/c1-3-26-17-8-6-14(10-18(17)27-4-2)20(25)23-11-19(24)28-12-13-5-7-15(21)16(22)9-13/h5-10H,3-4,11-12H2,1-2H3,(H,23,25). The first-order valence-corrected chi connectivity index (χ1v) is 9.47. The second-order valence-corrected chi connectivity index (χ2v) is 6.43. The molecule has 0 aromatic heterocycles. The summed E-state index contributed by atoms with van der Waals surface area (Å²) in [5, 5.41) is 3.32. The highest BCUT2D eigenvalue weighted by molar-refractivity contribution is 6.42. The van der Waals surface area contributed by atoms with Gasteiger partial charge in [0.25, 0.3) is 5.91 Å². The molecule has 0 bridgehead atoms. The Hall–Kier alpha value is -2.44. The van der Waals surface area contributed by atoms with Crippen LogP contribution in [0.3, 0.4) is 0 Å². The quantitative estimate of drug-likeness (QED) is 0.607. The monoisotopic (exact) mass is 425 g/mol. The number of benzene rings is 2. The van der Waals surface area contributed by atoms with E-state index >= 15 is 0 Å². The van der Waals surface area contributed by atoms with Crippen molar-refractivity contribution in [1.29, 1.82) is 0 Å². The molecule has 0 spiro atoms. The highest BCUT2D eigenvalue weighted by Crippen LogP contribution is 2.28. The van der Waals surface area contributed by atoms with Gasteiger partial charge in [-0.25, -0.2) is 0 Å². The van der Waals surface area contributed by atoms with Gasteiger partial charge in [-0.2, -0.15) is 0 Å². The summed E-state index contributed by atoms with van der Waals surface area (Å²) in [6, 6.07) is 9.78. The summed E-state index contributed by atoms with van der Waals surface area (Å²) in [6.07, 6.45) is 0. The number of carbonyl (C=O) groups is 2. The van der Waals surface area contributed by atoms with Gasteiger partial charge in [0.1, 0.15) is 13.2 Å². The predicted octanol–water partition coefficient (Wildman–Crippen LogP) is 4.26. The molecule has 150 valence electrons. The van der Waals surface area contributed by atoms with E-state index in [1.807, 2.05) is 13.8 Å². The fourth-order valence-electron chi connectivity index (χ4n) is 2.29. The van der Waals surface area contributed by atoms with Crippen molar-refractivity contribution in [2.75, 3.05) is 19.8 Å². The smallest absolute Gasteiger partial charge is 0.325 e. The molecule has 0 saturated carbocycles. The van der Waals surface area contributed by atoms with Gasteiger partial charge in [-0.15, -0.1) is 0 Å². The molecule has 0 aliphatic heterocycles. The van der Waals surface area contributed by atoms with Gasteiger partial charge in [0.05, 0.1) is 23.3 Å². The third-order valence-electron chi connectivity index (χ3n) is 3.58. The zero-order chi connectivity index (χ0) is 20.5. The summed E-state index contributed by atoms with van der Waals surface area (Å²) in [5.41, 5.74) is 1.05. The summed E-state index contributed by atoms with van der Waals surface area (Å²) in [7, 11) is 0. The fourth-order valence-corrected chi connectivity index (χ4v) is 2.61. The van der Waals surface area contributed by atoms with Crippen molar-refractivity contribution in [3.8, 4) is 11.5 Å². The van der Waals surface area contributed by atoms with Crippen LogP contribution in [-0.4, -0.2) is 31.6 Å². The number of amides is 1. The summed E-state index contributed by atoms with van der Waals surface area (Å²) < 4.78 is 16.1. The van der Waals surface area contributed by atoms with E-state index in [0.29, 0.717) is 45.9 Å². The van der Waals surface area contributed by atoms with Gasteiger partial charge in [-0.1, -0.05) is 29.3 Å². The van der Waals surface area contributed by atoms with Crippen molar-refractivity contribution < 1.29 is 23.8 Å². The molecular formula is C20H21Cl2NO5. The van der Waals surface area contributed by atoms with Crippen LogP contribution in [-0.2, 0) is 16.1 Å². The Morgan fingerprint density at radius 2 is 1.64 bits per heavy atom. The molecule has 0 aliphatic rings. The summed E-state index contributed by atoms with van der Waals surface area (Å²) in [6.45, 7) is 4.38. The average Bonchev–Trinajstić information content (AvgIpc) is 2.68. The molecular weight excluding hydrogens is 405 g/mol. The lowest BCUT2D eigenvalue weighted by Crippen LogP contribution is -2.30. The number of hydrogen-bond donors (Lipinski definition) is 1. The molecule has 6 nitrogen and oxygen atoms in total. The van der Waals surface area contributed by atoms with Crippen LogP contribution >= 0.6 is 23.2 Å². The first-order valence-electron chi connectivity index (χ1n) is 8.72. The van der Waals surface area contributed by atoms with E-state index in [1.165, 1.54) is 0 Å². The lowest BCUT2D eigenvalue weighted by molar-refractivity contribution is -0.143. The molecule has 0 unspecified atom stereocenters. The number of halogens is 2. The third-order valence-corrected chi connectivity index (χ3v) is 4.32. The Bertz CT molecular complexity index is 841. The highest BCUT2D eigenvalue weighted by Gasteiger charge is 2.13. The summed E-state index contributed by atoms with van der Waals surface area (Å²) in [4.78, 5) is 24.2. The summed E-state index contributed by atoms with van der Waals surface area (Å²) in [5.74, 6) is 0.0343. The molecule has 0 aliphatic carbocycles. The molecule has 2 rings (SSSR count). The molecule has 0 saturated heterocycles. The van der Waals surface area contributed by atoms with Crippen LogP contribution in [0.5, 0.6) is 11.5 Å². The zero-order valence-electron chi connectivity index (χ0n) is 15.6. The van der Waals surface area contributed by atoms with Gasteiger partial charge in [0.15, 0.2) is 11.5 Å². The van der Waals surface area contributed by atoms with Crippen LogP contribution < -0.4 is 14.8 Å². The van der Waals surface area contributed by atoms with Crippen molar-refractivity contribution in [1.82, 2.24) is 5.32 Å². The Morgan fingerprint density at radius 1 is 0.929 bits per heavy atom. The molecule has 28 heavy (non-hydrogen) atoms. The van der Waals surface area contributed by atoms with Crippen molar-refractivity contribution in [2.24, 2.45) is 0 Å². The molecule has 0 atom stereocenters. The maximum absolute atomic E-state index is 12.3. The van der Waals surface area contributed by atoms with Crippen LogP contribution in [0, 0.1) is 0 Å². The topological polar surface area (TPSA) is 73.9 Å². The van der Waals surface area contributed by atoms with E-state index in [0.717, 1.165) is 0 Å². The number of ether oxygens (including phenoxy) is 3. The van der Waals surface area contributed by atoms with E-state index in [4.69, 9.17) is 37.4 Å². The number of rotatable bonds is 9. The lowest BCUT2D eigenvalue weighted by atomic mass is 10.2. The van der Waals surface area contributed by atoms with Crippen LogP contribution in [0.4, 0.5) is 0 Å². The Morgan fingerprint density at radius 3 is 2.32 bits per heavy atom. The second kappa shape index (κ2) is 10.8. The van der Waals surface area contributed by atoms with Gasteiger partial charge in [0, 0.05) is 5.56 Å². The minimum Gasteiger partial charge on any atom is -0.490 e. The Kier molecular flexibility index (Phi) is 8.42. The molecule has 1 amide bonds. The number of nitrogens with one attached hydrogen (secondary N) is 1. The van der Waals surface area contributed by atoms with Crippen LogP contribution in [0.2, 0.25) is 10.0 Å². The lowest BCUT2D eigenvalue weighted by Gasteiger charge is -2.12. The van der Waals surface area contributed by atoms with Crippen molar-refractivity contribution >= 4 is 35.1 Å². The largest absolute Gasteiger partial charge is 0.490 e. The van der Waals surface area contributed by atoms with E-state index in [-0.39, 0.29) is 13.2 Å². The number of hydrogen-bond acceptors (Lipinski definition) is 5. The summed E-state index contributed by atoms with van der Waals surface area (Å²) >= 11 is 11.8. The van der Waals surface area contributed by atoms with Crippen LogP contribution in [0.15, 0.2) is 36.4 Å². The average molecular weight is 426 g/mol. The van der Waals surface area contributed by atoms with Gasteiger partial charge >= 0.3 is 5.97 Å². The van der Waals surface area contributed by atoms with Gasteiger partial charge in [-0.05, 0) is 49.7 Å². The maximum atomic E-state index is 12.3. The zero-order valence-corrected chi connectivity index (χ0v) is 17.1. The second-order valence-electron chi connectivity index (χ2n) is 5.62. The minimum atomic E-state index is -0.574. The molecule has 1 N–H and O–H groups in total. The number of carbonyl (C=O) groups excluding carboxylic acids is 2. The molecule has 2 aromatic carbocycles. The van der Waals surface area contributed by atoms with Crippen molar-refractivity contribution in [3.63, 3.8) is 0 Å². The Balaban J connectivity index is 1.89. The van der Waals surface area contributed by atoms with Crippen LogP contribution in [0.1, 0.15) is 29.8 Å². The van der Waals surface area contributed by atoms with Crippen molar-refractivity contribution in [3.05, 3.63) is 57.6 Å². The number of esters is 1. The minimum absolute atomic E-state index is 0.0309. The molecule has 8 heteroatoms. The molecule has 2 aromatic rings. The molecule has 0 radical (unpaired) electrons. The molecule has 0 heterocycles. The maximum Gasteiger partial charge on any atom is 0.325 e. The predicted molar refractivity (Wildman–Crippen MR) is 107 cm³/mol. The van der Waals surface area contributed by atoms with E-state index < -0.39 is 11.9 Å². The van der Waals surface area contributed by atoms with Gasteiger partial charge in [0.2, 0.25) is 0 Å². The fraction of sp³-hybridized carbons (Fsp3) is 0.300. The van der Waals surface area contributed by atoms with Gasteiger partial charge in [-0.3, -0.25) is 9.59 Å². The van der Waals surface area contributed by atoms with Crippen molar-refractivity contribution in [2.45, 2.75) is 20.5 Å². The SMILES string of the molecule is CCOc1ccc(C(=O)NCC(=O)OCc2ccc(Cl)c(Cl)c2)cc1OCC. The highest BCUT2D eigenvalue weighted by atomic mass is 35.5. The Labute approximate surface area is 173 Å². The van der Waals surface area contributed by atoms with E-state index in [9.17, 15) is 9.59 Å². The first kappa shape index (κ1) is 21.9. The van der Waals surface area contributed by atoms with Gasteiger partial charge < -0.3 is 19.5 Å². The normalized spacial score (nSPS) is 10.3. The van der Waals surface area contributed by atoms with E-state index in [2.05, 4.69) is 5.32 Å². The first-order chi connectivity index (χ1) is 13.4. The van der Waals surface area contributed by atoms with Crippen LogP contribution in [0.25, 0.3) is 0 Å². The molecule has 0 fully saturated rings. The third kappa shape index (κ3) is 6.32.